The number of amides is 2. The van der Waals surface area contributed by atoms with Crippen molar-refractivity contribution in [1.82, 2.24) is 14.5 Å². The lowest BCUT2D eigenvalue weighted by Crippen LogP contribution is -2.58. The molecule has 284 valence electrons. The van der Waals surface area contributed by atoms with Crippen molar-refractivity contribution in [3.05, 3.63) is 54.1 Å². The molecule has 0 saturated carbocycles. The minimum atomic E-state index is -4.24. The van der Waals surface area contributed by atoms with Gasteiger partial charge in [0.15, 0.2) is 24.4 Å². The molecule has 3 heterocycles. The molecule has 5 rings (SSSR count). The molecule has 0 aromatic heterocycles. The van der Waals surface area contributed by atoms with Gasteiger partial charge in [-0.25, -0.2) is 18.0 Å². The van der Waals surface area contributed by atoms with Crippen LogP contribution in [0.4, 0.5) is 9.59 Å². The second-order valence-electron chi connectivity index (χ2n) is 14.1. The van der Waals surface area contributed by atoms with Crippen molar-refractivity contribution < 1.29 is 51.9 Å². The van der Waals surface area contributed by atoms with E-state index in [0.29, 0.717) is 43.9 Å². The summed E-state index contributed by atoms with van der Waals surface area (Å²) in [7, 11) is -4.24. The van der Waals surface area contributed by atoms with Crippen LogP contribution in [0, 0.1) is 23.7 Å². The van der Waals surface area contributed by atoms with Crippen molar-refractivity contribution in [2.75, 3.05) is 46.2 Å². The van der Waals surface area contributed by atoms with Gasteiger partial charge in [-0.2, -0.15) is 4.31 Å². The standard InChI is InChI=1S/C37H49N3O11S/c1-4-18-48-35(42)38-17-10-6-9-16-37(2,3)24-39(52(45,46)27-13-14-32-33(21-27)51-25-50-32)22-31(41)29(20-26-11-7-5-8-12-26)40(36(43)44)30-23-49-34-28(30)15-19-47-34/h1,5,7-8,11-14,21,28-31,34,41H,6,9-10,15-20,22-25H2,2-3H3,(H,38,42)(H,43,44)/t28-,29-,30-,31+,34+/m0/s1. The minimum absolute atomic E-state index is 0.0279. The number of carbonyl (C=O) groups excluding carboxylic acids is 1. The van der Waals surface area contributed by atoms with Gasteiger partial charge in [-0.3, -0.25) is 4.90 Å². The van der Waals surface area contributed by atoms with Gasteiger partial charge < -0.3 is 39.2 Å². The Labute approximate surface area is 305 Å². The molecule has 3 aliphatic rings. The maximum absolute atomic E-state index is 14.5. The highest BCUT2D eigenvalue weighted by Crippen LogP contribution is 2.38. The second-order valence-corrected chi connectivity index (χ2v) is 16.0. The van der Waals surface area contributed by atoms with E-state index in [1.807, 2.05) is 44.2 Å². The van der Waals surface area contributed by atoms with E-state index in [1.165, 1.54) is 27.4 Å². The molecule has 15 heteroatoms. The van der Waals surface area contributed by atoms with Crippen LogP contribution in [0.5, 0.6) is 11.5 Å². The van der Waals surface area contributed by atoms with Gasteiger partial charge in [-0.15, -0.1) is 6.42 Å². The molecule has 14 nitrogen and oxygen atoms in total. The van der Waals surface area contributed by atoms with Gasteiger partial charge in [0.1, 0.15) is 0 Å². The lowest BCUT2D eigenvalue weighted by Gasteiger charge is -2.40. The maximum atomic E-state index is 14.5. The first kappa shape index (κ1) is 39.1. The van der Waals surface area contributed by atoms with E-state index in [2.05, 4.69) is 11.2 Å². The molecule has 3 aliphatic heterocycles. The van der Waals surface area contributed by atoms with Crippen molar-refractivity contribution in [2.45, 2.75) is 81.7 Å². The third kappa shape index (κ3) is 9.87. The van der Waals surface area contributed by atoms with Crippen LogP contribution in [-0.4, -0.2) is 111 Å². The summed E-state index contributed by atoms with van der Waals surface area (Å²) in [6.45, 7) is 4.40. The highest BCUT2D eigenvalue weighted by Gasteiger charge is 2.49. The number of carboxylic acid groups (broad SMARTS) is 1. The third-order valence-electron chi connectivity index (χ3n) is 9.74. The highest BCUT2D eigenvalue weighted by atomic mass is 32.2. The minimum Gasteiger partial charge on any atom is -0.465 e. The molecule has 2 amide bonds. The molecular weight excluding hydrogens is 694 g/mol. The van der Waals surface area contributed by atoms with Gasteiger partial charge >= 0.3 is 12.2 Å². The van der Waals surface area contributed by atoms with Gasteiger partial charge in [0, 0.05) is 31.6 Å². The fourth-order valence-corrected chi connectivity index (χ4v) is 8.77. The first-order valence-corrected chi connectivity index (χ1v) is 19.0. The van der Waals surface area contributed by atoms with E-state index in [9.17, 15) is 28.2 Å². The van der Waals surface area contributed by atoms with Crippen molar-refractivity contribution >= 4 is 22.2 Å². The Balaban J connectivity index is 1.37. The van der Waals surface area contributed by atoms with Crippen molar-refractivity contribution in [2.24, 2.45) is 11.3 Å². The Hall–Kier alpha value is -4.07. The number of unbranched alkanes of at least 4 members (excludes halogenated alkanes) is 2. The molecule has 5 atom stereocenters. The molecule has 2 aromatic carbocycles. The normalized spacial score (nSPS) is 20.6. The smallest absolute Gasteiger partial charge is 0.408 e. The van der Waals surface area contributed by atoms with Crippen LogP contribution >= 0.6 is 0 Å². The number of hydrogen-bond donors (Lipinski definition) is 3. The molecule has 2 fully saturated rings. The largest absolute Gasteiger partial charge is 0.465 e. The van der Waals surface area contributed by atoms with Crippen LogP contribution in [0.15, 0.2) is 53.4 Å². The zero-order valence-electron chi connectivity index (χ0n) is 29.6. The van der Waals surface area contributed by atoms with E-state index in [4.69, 9.17) is 30.1 Å². The number of rotatable bonds is 18. The number of alkyl carbamates (subject to hydrolysis) is 1. The number of sulfonamides is 1. The number of terminal acetylenes is 1. The van der Waals surface area contributed by atoms with Gasteiger partial charge in [0.25, 0.3) is 0 Å². The van der Waals surface area contributed by atoms with E-state index in [0.717, 1.165) is 18.4 Å². The molecule has 0 aliphatic carbocycles. The quantitative estimate of drug-likeness (QED) is 0.148. The lowest BCUT2D eigenvalue weighted by atomic mass is 9.86. The summed E-state index contributed by atoms with van der Waals surface area (Å²) in [6.07, 6.45) is 4.94. The van der Waals surface area contributed by atoms with Gasteiger partial charge in [0.05, 0.1) is 36.3 Å². The summed E-state index contributed by atoms with van der Waals surface area (Å²) in [5.41, 5.74) is 0.234. The first-order valence-electron chi connectivity index (χ1n) is 17.6. The maximum Gasteiger partial charge on any atom is 0.408 e. The van der Waals surface area contributed by atoms with E-state index >= 15 is 0 Å². The van der Waals surface area contributed by atoms with E-state index in [-0.39, 0.29) is 50.3 Å². The molecule has 0 radical (unpaired) electrons. The van der Waals surface area contributed by atoms with E-state index < -0.39 is 52.1 Å². The zero-order valence-corrected chi connectivity index (χ0v) is 30.5. The molecule has 52 heavy (non-hydrogen) atoms. The number of carbonyl (C=O) groups is 2. The molecule has 2 aromatic rings. The van der Waals surface area contributed by atoms with Crippen molar-refractivity contribution in [3.8, 4) is 23.8 Å². The van der Waals surface area contributed by atoms with Crippen LogP contribution in [0.1, 0.15) is 51.5 Å². The number of ether oxygens (including phenoxy) is 5. The first-order chi connectivity index (χ1) is 24.9. The number of fused-ring (bicyclic) bond motifs is 2. The molecule has 0 unspecified atom stereocenters. The Morgan fingerprint density at radius 3 is 2.62 bits per heavy atom. The predicted molar refractivity (Wildman–Crippen MR) is 189 cm³/mol. The van der Waals surface area contributed by atoms with Crippen LogP contribution in [0.3, 0.4) is 0 Å². The average molecular weight is 744 g/mol. The predicted octanol–water partition coefficient (Wildman–Crippen LogP) is 4.07. The summed E-state index contributed by atoms with van der Waals surface area (Å²) in [5.74, 6) is 2.75. The van der Waals surface area contributed by atoms with Gasteiger partial charge in [-0.05, 0) is 48.8 Å². The Morgan fingerprint density at radius 1 is 1.10 bits per heavy atom. The molecule has 2 saturated heterocycles. The zero-order chi connectivity index (χ0) is 37.3. The number of aliphatic hydroxyl groups excluding tert-OH is 1. The van der Waals surface area contributed by atoms with E-state index in [1.54, 1.807) is 0 Å². The van der Waals surface area contributed by atoms with Crippen LogP contribution in [-0.2, 0) is 30.7 Å². The van der Waals surface area contributed by atoms with Crippen molar-refractivity contribution in [3.63, 3.8) is 0 Å². The monoisotopic (exact) mass is 743 g/mol. The van der Waals surface area contributed by atoms with Crippen LogP contribution < -0.4 is 14.8 Å². The number of aliphatic hydroxyl groups is 1. The summed E-state index contributed by atoms with van der Waals surface area (Å²) in [4.78, 5) is 25.9. The van der Waals surface area contributed by atoms with Gasteiger partial charge in [0.2, 0.25) is 16.8 Å². The topological polar surface area (TPSA) is 173 Å². The summed E-state index contributed by atoms with van der Waals surface area (Å²) in [5, 5.41) is 25.4. The molecular formula is C37H49N3O11S. The molecule has 0 spiro atoms. The third-order valence-corrected chi connectivity index (χ3v) is 11.5. The molecule has 0 bridgehead atoms. The fourth-order valence-electron chi connectivity index (χ4n) is 7.11. The van der Waals surface area contributed by atoms with Crippen molar-refractivity contribution in [1.29, 1.82) is 0 Å². The highest BCUT2D eigenvalue weighted by molar-refractivity contribution is 7.89. The number of hydrogen-bond acceptors (Lipinski definition) is 10. The number of benzene rings is 2. The SMILES string of the molecule is C#CCOC(=O)NCCCCCC(C)(C)CN(C[C@@H](O)[C@H](Cc1ccccc1)N(C(=O)O)[C@H]1CO[C@H]2OCC[C@H]21)S(=O)(=O)c1ccc2c(c1)OCO2. The Kier molecular flexibility index (Phi) is 13.3. The van der Waals surface area contributed by atoms with Crippen LogP contribution in [0.25, 0.3) is 0 Å². The second kappa shape index (κ2) is 17.6. The summed E-state index contributed by atoms with van der Waals surface area (Å²) < 4.78 is 57.4. The Morgan fingerprint density at radius 2 is 1.87 bits per heavy atom. The number of nitrogens with one attached hydrogen (secondary N) is 1. The number of nitrogens with zero attached hydrogens (tertiary/aromatic N) is 2. The van der Waals surface area contributed by atoms with Crippen LogP contribution in [0.2, 0.25) is 0 Å². The van der Waals surface area contributed by atoms with Gasteiger partial charge in [-0.1, -0.05) is 62.9 Å². The fraction of sp³-hybridized carbons (Fsp3) is 0.568. The Bertz CT molecular complexity index is 1670. The molecule has 3 N–H and O–H groups in total. The average Bonchev–Trinajstić information content (AvgIpc) is 3.87. The summed E-state index contributed by atoms with van der Waals surface area (Å²) >= 11 is 0. The summed E-state index contributed by atoms with van der Waals surface area (Å²) in [6, 6.07) is 12.0. The lowest BCUT2D eigenvalue weighted by molar-refractivity contribution is -0.0906.